The minimum absolute atomic E-state index is 0.0643. The molecular weight excluding hydrogens is 419 g/mol. The topological polar surface area (TPSA) is 58.6 Å². The van der Waals surface area contributed by atoms with Crippen LogP contribution in [0.25, 0.3) is 33.3 Å². The second-order valence-corrected chi connectivity index (χ2v) is 7.63. The second-order valence-electron chi connectivity index (χ2n) is 6.78. The number of aromatic hydroxyl groups is 1. The average molecular weight is 433 g/mol. The number of aromatic nitrogens is 1. The molecule has 30 heavy (non-hydrogen) atoms. The Balaban J connectivity index is 1.53. The summed E-state index contributed by atoms with van der Waals surface area (Å²) in [5, 5.41) is 12.9. The van der Waals surface area contributed by atoms with E-state index in [1.807, 2.05) is 42.5 Å². The molecule has 0 unspecified atom stereocenters. The zero-order chi connectivity index (χ0) is 20.7. The first-order valence-corrected chi connectivity index (χ1v) is 9.95. The van der Waals surface area contributed by atoms with Crippen LogP contribution in [0.3, 0.4) is 0 Å². The normalized spacial score (nSPS) is 11.7. The highest BCUT2D eigenvalue weighted by molar-refractivity contribution is 6.36. The van der Waals surface area contributed by atoms with Crippen LogP contribution < -0.4 is 0 Å². The molecule has 0 saturated carbocycles. The molecule has 4 aromatic carbocycles. The molecular formula is C24H14Cl2N2O2. The van der Waals surface area contributed by atoms with Crippen molar-refractivity contribution in [3.8, 4) is 17.2 Å². The number of nitrogens with zero attached hydrogens (tertiary/aromatic N) is 2. The van der Waals surface area contributed by atoms with Crippen molar-refractivity contribution in [3.05, 3.63) is 88.4 Å². The van der Waals surface area contributed by atoms with Crippen LogP contribution in [-0.4, -0.2) is 16.3 Å². The summed E-state index contributed by atoms with van der Waals surface area (Å²) in [5.41, 5.74) is 3.40. The molecule has 0 aliphatic heterocycles. The third kappa shape index (κ3) is 3.41. The van der Waals surface area contributed by atoms with E-state index in [0.29, 0.717) is 33.3 Å². The van der Waals surface area contributed by atoms with Gasteiger partial charge in [0.15, 0.2) is 5.58 Å². The van der Waals surface area contributed by atoms with Crippen LogP contribution in [0.4, 0.5) is 5.69 Å². The predicted octanol–water partition coefficient (Wildman–Crippen LogP) is 7.41. The highest BCUT2D eigenvalue weighted by Crippen LogP contribution is 2.33. The summed E-state index contributed by atoms with van der Waals surface area (Å²) in [6.07, 6.45) is 1.51. The molecule has 0 aliphatic carbocycles. The fourth-order valence-corrected chi connectivity index (χ4v) is 3.86. The van der Waals surface area contributed by atoms with Gasteiger partial charge in [-0.15, -0.1) is 0 Å². The minimum atomic E-state index is -0.0643. The number of aliphatic imine (C=N–C) groups is 1. The van der Waals surface area contributed by atoms with Crippen LogP contribution in [-0.2, 0) is 0 Å². The van der Waals surface area contributed by atoms with Gasteiger partial charge in [0.05, 0.1) is 10.7 Å². The van der Waals surface area contributed by atoms with Crippen molar-refractivity contribution in [2.75, 3.05) is 0 Å². The van der Waals surface area contributed by atoms with E-state index in [2.05, 4.69) is 28.2 Å². The molecule has 5 rings (SSSR count). The first kappa shape index (κ1) is 18.7. The standard InChI is InChI=1S/C24H14Cl2N2O2/c25-16-10-15(23(29)20(26)11-16)13-27-17-8-9-22-21(12-17)28-24(30-22)19-7-3-5-14-4-1-2-6-18(14)19/h1-13,29H. The Bertz CT molecular complexity index is 1440. The lowest BCUT2D eigenvalue weighted by molar-refractivity contribution is 0.475. The summed E-state index contributed by atoms with van der Waals surface area (Å²) in [6.45, 7) is 0. The number of hydrogen-bond acceptors (Lipinski definition) is 4. The maximum absolute atomic E-state index is 10.1. The van der Waals surface area contributed by atoms with E-state index >= 15 is 0 Å². The molecule has 0 bridgehead atoms. The van der Waals surface area contributed by atoms with Gasteiger partial charge in [-0.25, -0.2) is 4.98 Å². The number of hydrogen-bond donors (Lipinski definition) is 1. The second kappa shape index (κ2) is 7.48. The molecule has 0 radical (unpaired) electrons. The molecule has 0 aliphatic rings. The quantitative estimate of drug-likeness (QED) is 0.302. The molecule has 0 saturated heterocycles. The fraction of sp³-hybridized carbons (Fsp3) is 0. The van der Waals surface area contributed by atoms with Gasteiger partial charge in [0.1, 0.15) is 11.3 Å². The van der Waals surface area contributed by atoms with Gasteiger partial charge in [-0.1, -0.05) is 59.6 Å². The summed E-state index contributed by atoms with van der Waals surface area (Å²) in [6, 6.07) is 22.7. The number of benzene rings is 4. The molecule has 0 fully saturated rings. The lowest BCUT2D eigenvalue weighted by atomic mass is 10.0. The Labute approximate surface area is 182 Å². The Kier molecular flexibility index (Phi) is 4.66. The van der Waals surface area contributed by atoms with Crippen LogP contribution in [0.5, 0.6) is 5.75 Å². The van der Waals surface area contributed by atoms with Gasteiger partial charge < -0.3 is 9.52 Å². The van der Waals surface area contributed by atoms with Gasteiger partial charge >= 0.3 is 0 Å². The summed E-state index contributed by atoms with van der Waals surface area (Å²) >= 11 is 12.0. The monoisotopic (exact) mass is 432 g/mol. The summed E-state index contributed by atoms with van der Waals surface area (Å²) in [7, 11) is 0. The predicted molar refractivity (Wildman–Crippen MR) is 122 cm³/mol. The smallest absolute Gasteiger partial charge is 0.227 e. The maximum atomic E-state index is 10.1. The molecule has 1 heterocycles. The van der Waals surface area contributed by atoms with Gasteiger partial charge in [-0.3, -0.25) is 4.99 Å². The lowest BCUT2D eigenvalue weighted by Gasteiger charge is -2.02. The van der Waals surface area contributed by atoms with E-state index in [1.54, 1.807) is 6.07 Å². The molecule has 0 spiro atoms. The van der Waals surface area contributed by atoms with E-state index in [0.717, 1.165) is 16.3 Å². The molecule has 0 atom stereocenters. The first-order valence-electron chi connectivity index (χ1n) is 9.19. The van der Waals surface area contributed by atoms with Gasteiger partial charge in [0.25, 0.3) is 0 Å². The number of phenolic OH excluding ortho intramolecular Hbond substituents is 1. The van der Waals surface area contributed by atoms with E-state index in [4.69, 9.17) is 27.6 Å². The zero-order valence-electron chi connectivity index (χ0n) is 15.5. The average Bonchev–Trinajstić information content (AvgIpc) is 3.18. The van der Waals surface area contributed by atoms with Crippen LogP contribution in [0, 0.1) is 0 Å². The highest BCUT2D eigenvalue weighted by Gasteiger charge is 2.12. The van der Waals surface area contributed by atoms with E-state index in [-0.39, 0.29) is 10.8 Å². The van der Waals surface area contributed by atoms with Crippen molar-refractivity contribution in [1.82, 2.24) is 4.98 Å². The van der Waals surface area contributed by atoms with Gasteiger partial charge in [0, 0.05) is 22.4 Å². The first-order chi connectivity index (χ1) is 14.6. The van der Waals surface area contributed by atoms with E-state index in [9.17, 15) is 5.11 Å². The SMILES string of the molecule is Oc1c(Cl)cc(Cl)cc1C=Nc1ccc2oc(-c3cccc4ccccc34)nc2c1. The molecule has 1 aromatic heterocycles. The fourth-order valence-electron chi connectivity index (χ4n) is 3.35. The van der Waals surface area contributed by atoms with Crippen LogP contribution in [0.15, 0.2) is 82.2 Å². The number of rotatable bonds is 3. The van der Waals surface area contributed by atoms with E-state index in [1.165, 1.54) is 12.3 Å². The van der Waals surface area contributed by atoms with Gasteiger partial charge in [-0.05, 0) is 47.2 Å². The number of phenols is 1. The van der Waals surface area contributed by atoms with Crippen molar-refractivity contribution < 1.29 is 9.52 Å². The third-order valence-corrected chi connectivity index (χ3v) is 5.31. The lowest BCUT2D eigenvalue weighted by Crippen LogP contribution is -1.84. The molecule has 4 nitrogen and oxygen atoms in total. The van der Waals surface area contributed by atoms with Crippen molar-refractivity contribution in [2.45, 2.75) is 0 Å². The van der Waals surface area contributed by atoms with Gasteiger partial charge in [0.2, 0.25) is 5.89 Å². The van der Waals surface area contributed by atoms with Crippen molar-refractivity contribution >= 4 is 57.0 Å². The van der Waals surface area contributed by atoms with Crippen molar-refractivity contribution in [2.24, 2.45) is 4.99 Å². The Morgan fingerprint density at radius 2 is 1.77 bits per heavy atom. The molecule has 6 heteroatoms. The van der Waals surface area contributed by atoms with E-state index < -0.39 is 0 Å². The van der Waals surface area contributed by atoms with Crippen LogP contribution >= 0.6 is 23.2 Å². The van der Waals surface area contributed by atoms with Crippen LogP contribution in [0.1, 0.15) is 5.56 Å². The Morgan fingerprint density at radius 3 is 2.67 bits per heavy atom. The summed E-state index contributed by atoms with van der Waals surface area (Å²) in [4.78, 5) is 9.08. The van der Waals surface area contributed by atoms with Gasteiger partial charge in [-0.2, -0.15) is 0 Å². The van der Waals surface area contributed by atoms with Crippen LogP contribution in [0.2, 0.25) is 10.0 Å². The Morgan fingerprint density at radius 1 is 0.933 bits per heavy atom. The van der Waals surface area contributed by atoms with Crippen molar-refractivity contribution in [3.63, 3.8) is 0 Å². The number of fused-ring (bicyclic) bond motifs is 2. The maximum Gasteiger partial charge on any atom is 0.227 e. The minimum Gasteiger partial charge on any atom is -0.506 e. The number of oxazole rings is 1. The largest absolute Gasteiger partial charge is 0.506 e. The van der Waals surface area contributed by atoms with Crippen molar-refractivity contribution in [1.29, 1.82) is 0 Å². The summed E-state index contributed by atoms with van der Waals surface area (Å²) < 4.78 is 5.99. The highest BCUT2D eigenvalue weighted by atomic mass is 35.5. The molecule has 146 valence electrons. The zero-order valence-corrected chi connectivity index (χ0v) is 17.0. The molecule has 5 aromatic rings. The Hall–Kier alpha value is -3.34. The third-order valence-electron chi connectivity index (χ3n) is 4.80. The molecule has 1 N–H and O–H groups in total. The molecule has 0 amide bonds. The number of halogens is 2. The summed E-state index contributed by atoms with van der Waals surface area (Å²) in [5.74, 6) is 0.493.